The fraction of sp³-hybridized carbons (Fsp3) is 0.200. The number of benzene rings is 1. The zero-order valence-corrected chi connectivity index (χ0v) is 15.6. The maximum absolute atomic E-state index is 12.4. The lowest BCUT2D eigenvalue weighted by molar-refractivity contribution is 0.104. The highest BCUT2D eigenvalue weighted by Gasteiger charge is 2.15. The summed E-state index contributed by atoms with van der Waals surface area (Å²) in [5.41, 5.74) is 2.18. The van der Waals surface area contributed by atoms with E-state index >= 15 is 0 Å². The van der Waals surface area contributed by atoms with Crippen LogP contribution in [0.5, 0.6) is 5.75 Å². The molecule has 0 radical (unpaired) electrons. The Bertz CT molecular complexity index is 969. The van der Waals surface area contributed by atoms with Crippen LogP contribution in [0.25, 0.3) is 6.08 Å². The molecule has 0 saturated heterocycles. The normalized spacial score (nSPS) is 11.2. The second-order valence-electron chi connectivity index (χ2n) is 5.89. The van der Waals surface area contributed by atoms with E-state index in [0.29, 0.717) is 33.6 Å². The standard InChI is InChI=1S/C20H19ClN2O3/c1-13-20(14(2)23(3)22-13)18(24)11-10-15-8-9-16(26-15)12-25-19-7-5-4-6-17(19)21/h4-11H,12H2,1-3H3/b11-10+. The Balaban J connectivity index is 1.65. The number of hydrogen-bond acceptors (Lipinski definition) is 4. The summed E-state index contributed by atoms with van der Waals surface area (Å²) < 4.78 is 13.0. The minimum absolute atomic E-state index is 0.0987. The van der Waals surface area contributed by atoms with Crippen LogP contribution in [-0.4, -0.2) is 15.6 Å². The van der Waals surface area contributed by atoms with Crippen molar-refractivity contribution in [2.24, 2.45) is 7.05 Å². The van der Waals surface area contributed by atoms with Gasteiger partial charge in [-0.05, 0) is 50.3 Å². The lowest BCUT2D eigenvalue weighted by Crippen LogP contribution is -1.99. The highest BCUT2D eigenvalue weighted by atomic mass is 35.5. The first-order valence-electron chi connectivity index (χ1n) is 8.14. The summed E-state index contributed by atoms with van der Waals surface area (Å²) >= 11 is 6.05. The van der Waals surface area contributed by atoms with E-state index in [1.54, 1.807) is 29.0 Å². The fourth-order valence-corrected chi connectivity index (χ4v) is 2.83. The number of rotatable bonds is 6. The lowest BCUT2D eigenvalue weighted by atomic mass is 10.1. The molecule has 134 valence electrons. The third-order valence-electron chi connectivity index (χ3n) is 4.04. The minimum Gasteiger partial charge on any atom is -0.484 e. The molecule has 6 heteroatoms. The predicted octanol–water partition coefficient (Wildman–Crippen LogP) is 4.76. The molecule has 3 rings (SSSR count). The molecule has 0 unspecified atom stereocenters. The maximum Gasteiger partial charge on any atom is 0.189 e. The van der Waals surface area contributed by atoms with Gasteiger partial charge < -0.3 is 9.15 Å². The van der Waals surface area contributed by atoms with E-state index in [1.807, 2.05) is 39.1 Å². The topological polar surface area (TPSA) is 57.3 Å². The number of aryl methyl sites for hydroxylation is 2. The zero-order chi connectivity index (χ0) is 18.7. The van der Waals surface area contributed by atoms with Crippen LogP contribution in [0.1, 0.15) is 33.3 Å². The molecule has 0 bridgehead atoms. The molecule has 0 spiro atoms. The van der Waals surface area contributed by atoms with Crippen LogP contribution in [0, 0.1) is 13.8 Å². The van der Waals surface area contributed by atoms with Gasteiger partial charge in [0.1, 0.15) is 23.9 Å². The van der Waals surface area contributed by atoms with Gasteiger partial charge in [-0.1, -0.05) is 23.7 Å². The number of aromatic nitrogens is 2. The molecular formula is C20H19ClN2O3. The Morgan fingerprint density at radius 3 is 2.73 bits per heavy atom. The number of para-hydroxylation sites is 1. The van der Waals surface area contributed by atoms with E-state index in [1.165, 1.54) is 6.08 Å². The Morgan fingerprint density at radius 1 is 1.27 bits per heavy atom. The number of furan rings is 1. The zero-order valence-electron chi connectivity index (χ0n) is 14.8. The highest BCUT2D eigenvalue weighted by molar-refractivity contribution is 6.32. The third kappa shape index (κ3) is 3.89. The van der Waals surface area contributed by atoms with Gasteiger partial charge in [0.15, 0.2) is 5.78 Å². The number of ether oxygens (including phenoxy) is 1. The summed E-state index contributed by atoms with van der Waals surface area (Å²) in [6.07, 6.45) is 3.14. The van der Waals surface area contributed by atoms with Crippen LogP contribution >= 0.6 is 11.6 Å². The van der Waals surface area contributed by atoms with Gasteiger partial charge in [-0.25, -0.2) is 0 Å². The summed E-state index contributed by atoms with van der Waals surface area (Å²) in [5, 5.41) is 4.81. The first-order chi connectivity index (χ1) is 12.5. The Kier molecular flexibility index (Phi) is 5.28. The summed E-state index contributed by atoms with van der Waals surface area (Å²) in [6, 6.07) is 10.9. The minimum atomic E-state index is -0.0987. The van der Waals surface area contributed by atoms with Crippen molar-refractivity contribution in [3.8, 4) is 5.75 Å². The van der Waals surface area contributed by atoms with E-state index in [-0.39, 0.29) is 12.4 Å². The molecular weight excluding hydrogens is 352 g/mol. The molecule has 2 heterocycles. The smallest absolute Gasteiger partial charge is 0.189 e. The largest absolute Gasteiger partial charge is 0.484 e. The lowest BCUT2D eigenvalue weighted by Gasteiger charge is -2.05. The van der Waals surface area contributed by atoms with Gasteiger partial charge >= 0.3 is 0 Å². The van der Waals surface area contributed by atoms with E-state index in [9.17, 15) is 4.79 Å². The van der Waals surface area contributed by atoms with Crippen LogP contribution in [0.2, 0.25) is 5.02 Å². The van der Waals surface area contributed by atoms with Gasteiger partial charge in [-0.15, -0.1) is 0 Å². The second-order valence-corrected chi connectivity index (χ2v) is 6.30. The monoisotopic (exact) mass is 370 g/mol. The molecule has 0 aliphatic rings. The quantitative estimate of drug-likeness (QED) is 0.463. The SMILES string of the molecule is Cc1nn(C)c(C)c1C(=O)/C=C/c1ccc(COc2ccccc2Cl)o1. The van der Waals surface area contributed by atoms with E-state index in [0.717, 1.165) is 5.69 Å². The van der Waals surface area contributed by atoms with Crippen LogP contribution in [0.3, 0.4) is 0 Å². The predicted molar refractivity (Wildman–Crippen MR) is 101 cm³/mol. The van der Waals surface area contributed by atoms with E-state index in [4.69, 9.17) is 20.8 Å². The molecule has 0 atom stereocenters. The molecule has 0 aliphatic heterocycles. The number of ketones is 1. The Hall–Kier alpha value is -2.79. The van der Waals surface area contributed by atoms with Crippen molar-refractivity contribution < 1.29 is 13.9 Å². The van der Waals surface area contributed by atoms with E-state index in [2.05, 4.69) is 5.10 Å². The molecule has 26 heavy (non-hydrogen) atoms. The van der Waals surface area contributed by atoms with Crippen LogP contribution in [0.15, 0.2) is 46.9 Å². The van der Waals surface area contributed by atoms with Crippen molar-refractivity contribution in [1.82, 2.24) is 9.78 Å². The van der Waals surface area contributed by atoms with Gasteiger partial charge in [-0.3, -0.25) is 9.48 Å². The molecule has 0 N–H and O–H groups in total. The number of allylic oxidation sites excluding steroid dienone is 1. The van der Waals surface area contributed by atoms with Gasteiger partial charge in [0.2, 0.25) is 0 Å². The van der Waals surface area contributed by atoms with Crippen LogP contribution in [0.4, 0.5) is 0 Å². The van der Waals surface area contributed by atoms with Gasteiger partial charge in [0.25, 0.3) is 0 Å². The number of nitrogens with zero attached hydrogens (tertiary/aromatic N) is 2. The molecule has 5 nitrogen and oxygen atoms in total. The van der Waals surface area contributed by atoms with Crippen molar-refractivity contribution >= 4 is 23.5 Å². The highest BCUT2D eigenvalue weighted by Crippen LogP contribution is 2.24. The number of hydrogen-bond donors (Lipinski definition) is 0. The van der Waals surface area contributed by atoms with Gasteiger partial charge in [-0.2, -0.15) is 5.10 Å². The van der Waals surface area contributed by atoms with Gasteiger partial charge in [0, 0.05) is 12.7 Å². The Labute approximate surface area is 156 Å². The summed E-state index contributed by atoms with van der Waals surface area (Å²) in [4.78, 5) is 12.4. The summed E-state index contributed by atoms with van der Waals surface area (Å²) in [7, 11) is 1.82. The van der Waals surface area contributed by atoms with Crippen molar-refractivity contribution in [1.29, 1.82) is 0 Å². The summed E-state index contributed by atoms with van der Waals surface area (Å²) in [5.74, 6) is 1.72. The van der Waals surface area contributed by atoms with Crippen molar-refractivity contribution in [2.75, 3.05) is 0 Å². The number of halogens is 1. The second kappa shape index (κ2) is 7.62. The molecule has 3 aromatic rings. The molecule has 2 aromatic heterocycles. The molecule has 1 aromatic carbocycles. The first kappa shape index (κ1) is 18.0. The third-order valence-corrected chi connectivity index (χ3v) is 4.36. The molecule has 0 aliphatic carbocycles. The molecule has 0 saturated carbocycles. The number of carbonyl (C=O) groups excluding carboxylic acids is 1. The van der Waals surface area contributed by atoms with Crippen molar-refractivity contribution in [3.63, 3.8) is 0 Å². The van der Waals surface area contributed by atoms with Crippen LogP contribution < -0.4 is 4.74 Å². The Morgan fingerprint density at radius 2 is 2.04 bits per heavy atom. The first-order valence-corrected chi connectivity index (χ1v) is 8.52. The average Bonchev–Trinajstić information content (AvgIpc) is 3.16. The van der Waals surface area contributed by atoms with Crippen molar-refractivity contribution in [3.05, 3.63) is 76.0 Å². The van der Waals surface area contributed by atoms with E-state index < -0.39 is 0 Å². The fourth-order valence-electron chi connectivity index (χ4n) is 2.64. The van der Waals surface area contributed by atoms with Crippen LogP contribution in [-0.2, 0) is 13.7 Å². The average molecular weight is 371 g/mol. The number of carbonyl (C=O) groups is 1. The summed E-state index contributed by atoms with van der Waals surface area (Å²) in [6.45, 7) is 3.95. The molecule has 0 amide bonds. The van der Waals surface area contributed by atoms with Gasteiger partial charge in [0.05, 0.1) is 16.3 Å². The molecule has 0 fully saturated rings. The van der Waals surface area contributed by atoms with Crippen molar-refractivity contribution in [2.45, 2.75) is 20.5 Å². The maximum atomic E-state index is 12.4.